The Morgan fingerprint density at radius 2 is 1.95 bits per heavy atom. The average Bonchev–Trinajstić information content (AvgIpc) is 2.49. The Morgan fingerprint density at radius 1 is 1.16 bits per heavy atom. The topological polar surface area (TPSA) is 18.5 Å². The SMILES string of the molecule is [2H]C1(CCc2ccccc2)C=CC=CC1OCOCC. The van der Waals surface area contributed by atoms with Gasteiger partial charge in [0.05, 0.1) is 6.10 Å². The lowest BCUT2D eigenvalue weighted by Crippen LogP contribution is -2.24. The van der Waals surface area contributed by atoms with Crippen molar-refractivity contribution < 1.29 is 10.8 Å². The van der Waals surface area contributed by atoms with E-state index in [4.69, 9.17) is 10.8 Å². The van der Waals surface area contributed by atoms with Crippen molar-refractivity contribution in [3.05, 3.63) is 60.2 Å². The van der Waals surface area contributed by atoms with Gasteiger partial charge in [0.15, 0.2) is 0 Å². The van der Waals surface area contributed by atoms with Crippen LogP contribution < -0.4 is 0 Å². The van der Waals surface area contributed by atoms with Crippen LogP contribution in [0.15, 0.2) is 54.6 Å². The van der Waals surface area contributed by atoms with Crippen molar-refractivity contribution in [2.45, 2.75) is 25.9 Å². The maximum absolute atomic E-state index is 8.64. The Kier molecular flexibility index (Phi) is 5.27. The quantitative estimate of drug-likeness (QED) is 0.548. The molecule has 2 unspecified atom stereocenters. The lowest BCUT2D eigenvalue weighted by atomic mass is 9.91. The molecule has 102 valence electrons. The third kappa shape index (κ3) is 4.66. The first kappa shape index (κ1) is 12.6. The monoisotopic (exact) mass is 259 g/mol. The minimum atomic E-state index is -0.721. The summed E-state index contributed by atoms with van der Waals surface area (Å²) in [6.07, 6.45) is 9.09. The fraction of sp³-hybridized carbons (Fsp3) is 0.412. The molecule has 0 heterocycles. The van der Waals surface area contributed by atoms with Crippen LogP contribution in [-0.4, -0.2) is 19.5 Å². The van der Waals surface area contributed by atoms with Gasteiger partial charge in [-0.1, -0.05) is 54.6 Å². The van der Waals surface area contributed by atoms with Crippen LogP contribution in [0.25, 0.3) is 0 Å². The molecule has 0 saturated carbocycles. The second-order valence-corrected chi connectivity index (χ2v) is 4.50. The summed E-state index contributed by atoms with van der Waals surface area (Å²) in [5.41, 5.74) is 1.26. The van der Waals surface area contributed by atoms with Crippen molar-refractivity contribution >= 4 is 0 Å². The smallest absolute Gasteiger partial charge is 0.147 e. The van der Waals surface area contributed by atoms with Crippen molar-refractivity contribution in [3.8, 4) is 0 Å². The van der Waals surface area contributed by atoms with Gasteiger partial charge < -0.3 is 9.47 Å². The zero-order chi connectivity index (χ0) is 14.3. The van der Waals surface area contributed by atoms with E-state index < -0.39 is 5.89 Å². The lowest BCUT2D eigenvalue weighted by molar-refractivity contribution is -0.0830. The summed E-state index contributed by atoms with van der Waals surface area (Å²) in [5, 5.41) is 0. The van der Waals surface area contributed by atoms with Crippen LogP contribution in [0, 0.1) is 5.89 Å². The third-order valence-electron chi connectivity index (χ3n) is 3.15. The van der Waals surface area contributed by atoms with Crippen molar-refractivity contribution in [3.63, 3.8) is 0 Å². The first-order chi connectivity index (χ1) is 9.74. The second-order valence-electron chi connectivity index (χ2n) is 4.50. The van der Waals surface area contributed by atoms with Crippen LogP contribution in [0.4, 0.5) is 0 Å². The number of allylic oxidation sites excluding steroid dienone is 2. The molecule has 2 atom stereocenters. The van der Waals surface area contributed by atoms with Crippen LogP contribution in [0.5, 0.6) is 0 Å². The third-order valence-corrected chi connectivity index (χ3v) is 3.15. The standard InChI is InChI=1S/C17H22O2/c1-2-18-14-19-17-11-7-6-10-16(17)13-12-15-8-4-3-5-9-15/h3-11,16-17H,2,12-14H2,1H3/i16D. The molecular weight excluding hydrogens is 236 g/mol. The molecule has 19 heavy (non-hydrogen) atoms. The molecule has 0 saturated heterocycles. The molecule has 0 amide bonds. The molecule has 2 rings (SSSR count). The molecule has 0 radical (unpaired) electrons. The molecule has 0 fully saturated rings. The van der Waals surface area contributed by atoms with E-state index in [2.05, 4.69) is 12.1 Å². The summed E-state index contributed by atoms with van der Waals surface area (Å²) >= 11 is 0. The fourth-order valence-corrected chi connectivity index (χ4v) is 2.09. The molecule has 1 aromatic rings. The van der Waals surface area contributed by atoms with E-state index >= 15 is 0 Å². The average molecular weight is 259 g/mol. The van der Waals surface area contributed by atoms with Crippen LogP contribution in [-0.2, 0) is 15.9 Å². The van der Waals surface area contributed by atoms with Gasteiger partial charge in [0.25, 0.3) is 0 Å². The van der Waals surface area contributed by atoms with Crippen molar-refractivity contribution in [1.29, 1.82) is 0 Å². The van der Waals surface area contributed by atoms with Crippen LogP contribution in [0.2, 0.25) is 0 Å². The van der Waals surface area contributed by atoms with E-state index in [0.29, 0.717) is 6.61 Å². The first-order valence-corrected chi connectivity index (χ1v) is 6.84. The Balaban J connectivity index is 1.94. The largest absolute Gasteiger partial charge is 0.356 e. The molecule has 0 aromatic heterocycles. The van der Waals surface area contributed by atoms with Crippen molar-refractivity contribution in [2.75, 3.05) is 13.4 Å². The van der Waals surface area contributed by atoms with E-state index in [9.17, 15) is 0 Å². The Hall–Kier alpha value is -1.38. The molecule has 0 aliphatic heterocycles. The zero-order valence-corrected chi connectivity index (χ0v) is 11.4. The molecule has 0 bridgehead atoms. The van der Waals surface area contributed by atoms with Gasteiger partial charge in [-0.05, 0) is 25.3 Å². The highest BCUT2D eigenvalue weighted by atomic mass is 16.7. The first-order valence-electron chi connectivity index (χ1n) is 7.34. The molecule has 2 heteroatoms. The molecule has 1 aromatic carbocycles. The van der Waals surface area contributed by atoms with Gasteiger partial charge in [0, 0.05) is 13.9 Å². The van der Waals surface area contributed by atoms with E-state index in [1.807, 2.05) is 49.4 Å². The maximum atomic E-state index is 8.64. The number of benzene rings is 1. The summed E-state index contributed by atoms with van der Waals surface area (Å²) in [6.45, 7) is 2.80. The van der Waals surface area contributed by atoms with Crippen LogP contribution in [0.1, 0.15) is 20.3 Å². The van der Waals surface area contributed by atoms with E-state index in [1.165, 1.54) is 5.56 Å². The summed E-state index contributed by atoms with van der Waals surface area (Å²) in [5.74, 6) is -0.721. The molecule has 2 nitrogen and oxygen atoms in total. The normalized spacial score (nSPS) is 26.4. The van der Waals surface area contributed by atoms with Gasteiger partial charge >= 0.3 is 0 Å². The predicted octanol–water partition coefficient (Wildman–Crippen LogP) is 3.74. The van der Waals surface area contributed by atoms with Crippen LogP contribution in [0.3, 0.4) is 0 Å². The van der Waals surface area contributed by atoms with Crippen molar-refractivity contribution in [1.82, 2.24) is 0 Å². The number of ether oxygens (including phenoxy) is 2. The van der Waals surface area contributed by atoms with Gasteiger partial charge in [0.1, 0.15) is 6.79 Å². The fourth-order valence-electron chi connectivity index (χ4n) is 2.09. The van der Waals surface area contributed by atoms with Crippen molar-refractivity contribution in [2.24, 2.45) is 5.89 Å². The summed E-state index contributed by atoms with van der Waals surface area (Å²) in [6, 6.07) is 10.3. The molecule has 0 N–H and O–H groups in total. The highest BCUT2D eigenvalue weighted by Gasteiger charge is 2.19. The Labute approximate surface area is 117 Å². The van der Waals surface area contributed by atoms with Gasteiger partial charge in [-0.2, -0.15) is 0 Å². The number of hydrogen-bond donors (Lipinski definition) is 0. The van der Waals surface area contributed by atoms with Gasteiger partial charge in [-0.25, -0.2) is 0 Å². The summed E-state index contributed by atoms with van der Waals surface area (Å²) < 4.78 is 19.6. The minimum Gasteiger partial charge on any atom is -0.356 e. The van der Waals surface area contributed by atoms with Gasteiger partial charge in [-0.15, -0.1) is 0 Å². The number of rotatable bonds is 7. The summed E-state index contributed by atoms with van der Waals surface area (Å²) in [4.78, 5) is 0. The summed E-state index contributed by atoms with van der Waals surface area (Å²) in [7, 11) is 0. The molecule has 1 aliphatic carbocycles. The van der Waals surface area contributed by atoms with Gasteiger partial charge in [-0.3, -0.25) is 0 Å². The molecular formula is C17H22O2. The molecule has 0 spiro atoms. The second kappa shape index (κ2) is 7.93. The van der Waals surface area contributed by atoms with E-state index in [0.717, 1.165) is 12.8 Å². The lowest BCUT2D eigenvalue weighted by Gasteiger charge is -2.24. The zero-order valence-electron chi connectivity index (χ0n) is 12.4. The minimum absolute atomic E-state index is 0.241. The predicted molar refractivity (Wildman–Crippen MR) is 77.9 cm³/mol. The number of aryl methyl sites for hydroxylation is 1. The Bertz CT molecular complexity index is 455. The Morgan fingerprint density at radius 3 is 2.74 bits per heavy atom. The van der Waals surface area contributed by atoms with E-state index in [-0.39, 0.29) is 12.9 Å². The highest BCUT2D eigenvalue weighted by Crippen LogP contribution is 2.21. The van der Waals surface area contributed by atoms with Crippen LogP contribution >= 0.6 is 0 Å². The van der Waals surface area contributed by atoms with E-state index in [1.54, 1.807) is 0 Å². The molecule has 1 aliphatic rings. The number of hydrogen-bond acceptors (Lipinski definition) is 2. The van der Waals surface area contributed by atoms with Gasteiger partial charge in [0.2, 0.25) is 0 Å². The highest BCUT2D eigenvalue weighted by molar-refractivity contribution is 5.18. The maximum Gasteiger partial charge on any atom is 0.147 e.